The average Bonchev–Trinajstić information content (AvgIpc) is 2.85. The maximum Gasteiger partial charge on any atom is 0.310 e. The Labute approximate surface area is 202 Å². The molecule has 0 aromatic heterocycles. The lowest BCUT2D eigenvalue weighted by Crippen LogP contribution is -2.06. The summed E-state index contributed by atoms with van der Waals surface area (Å²) >= 11 is 0. The van der Waals surface area contributed by atoms with Crippen molar-refractivity contribution in [3.05, 3.63) is 95.1 Å². The van der Waals surface area contributed by atoms with Gasteiger partial charge in [-0.05, 0) is 71.2 Å². The van der Waals surface area contributed by atoms with Crippen LogP contribution in [0.15, 0.2) is 72.8 Å². The molecule has 0 fully saturated rings. The molecular formula is C30H34O4. The Morgan fingerprint density at radius 3 is 1.21 bits per heavy atom. The van der Waals surface area contributed by atoms with Crippen LogP contribution in [0.5, 0.6) is 11.5 Å². The van der Waals surface area contributed by atoms with Gasteiger partial charge in [-0.3, -0.25) is 9.59 Å². The minimum Gasteiger partial charge on any atom is -0.427 e. The minimum absolute atomic E-state index is 0.218. The molecule has 3 rings (SSSR count). The first-order valence-corrected chi connectivity index (χ1v) is 12.1. The summed E-state index contributed by atoms with van der Waals surface area (Å²) in [6.07, 6.45) is 2.63. The molecule has 4 heteroatoms. The van der Waals surface area contributed by atoms with Crippen LogP contribution in [0.1, 0.15) is 74.6 Å². The van der Waals surface area contributed by atoms with Crippen molar-refractivity contribution in [1.82, 2.24) is 0 Å². The number of carbonyl (C=O) groups is 2. The van der Waals surface area contributed by atoms with Crippen LogP contribution < -0.4 is 9.47 Å². The van der Waals surface area contributed by atoms with Gasteiger partial charge < -0.3 is 9.47 Å². The molecule has 0 aliphatic heterocycles. The van der Waals surface area contributed by atoms with E-state index in [4.69, 9.17) is 9.47 Å². The van der Waals surface area contributed by atoms with E-state index in [2.05, 4.69) is 38.1 Å². The van der Waals surface area contributed by atoms with E-state index >= 15 is 0 Å². The second kappa shape index (κ2) is 12.2. The summed E-state index contributed by atoms with van der Waals surface area (Å²) in [5, 5.41) is 0. The summed E-state index contributed by atoms with van der Waals surface area (Å²) in [5.74, 6) is 1.48. The Kier molecular flexibility index (Phi) is 9.03. The van der Waals surface area contributed by atoms with Crippen LogP contribution >= 0.6 is 0 Å². The minimum atomic E-state index is -0.218. The van der Waals surface area contributed by atoms with Crippen molar-refractivity contribution in [3.63, 3.8) is 0 Å². The number of hydrogen-bond donors (Lipinski definition) is 0. The zero-order chi connectivity index (χ0) is 24.5. The van der Waals surface area contributed by atoms with Crippen molar-refractivity contribution in [1.29, 1.82) is 0 Å². The average molecular weight is 459 g/mol. The van der Waals surface area contributed by atoms with E-state index in [1.54, 1.807) is 13.8 Å². The molecule has 34 heavy (non-hydrogen) atoms. The number of benzene rings is 3. The van der Waals surface area contributed by atoms with E-state index in [0.29, 0.717) is 36.2 Å². The fraction of sp³-hybridized carbons (Fsp3) is 0.333. The molecule has 3 aromatic rings. The molecule has 2 unspecified atom stereocenters. The summed E-state index contributed by atoms with van der Waals surface area (Å²) < 4.78 is 10.5. The predicted molar refractivity (Wildman–Crippen MR) is 135 cm³/mol. The molecule has 178 valence electrons. The quantitative estimate of drug-likeness (QED) is 0.242. The maximum atomic E-state index is 11.4. The van der Waals surface area contributed by atoms with Crippen LogP contribution in [-0.2, 0) is 22.4 Å². The molecule has 0 aliphatic rings. The third-order valence-corrected chi connectivity index (χ3v) is 6.05. The Bertz CT molecular complexity index is 978. The molecule has 0 spiro atoms. The Morgan fingerprint density at radius 1 is 0.588 bits per heavy atom. The first-order valence-electron chi connectivity index (χ1n) is 12.1. The number of ether oxygens (including phenoxy) is 2. The van der Waals surface area contributed by atoms with Crippen molar-refractivity contribution in [2.24, 2.45) is 0 Å². The monoisotopic (exact) mass is 458 g/mol. The van der Waals surface area contributed by atoms with Crippen LogP contribution in [0, 0.1) is 0 Å². The van der Waals surface area contributed by atoms with Gasteiger partial charge in [-0.2, -0.15) is 0 Å². The highest BCUT2D eigenvalue weighted by Gasteiger charge is 2.11. The molecular weight excluding hydrogens is 424 g/mol. The molecule has 0 bridgehead atoms. The van der Waals surface area contributed by atoms with Crippen molar-refractivity contribution < 1.29 is 19.1 Å². The molecule has 0 saturated carbocycles. The lowest BCUT2D eigenvalue weighted by atomic mass is 9.91. The van der Waals surface area contributed by atoms with Crippen LogP contribution in [0.3, 0.4) is 0 Å². The zero-order valence-electron chi connectivity index (χ0n) is 20.5. The van der Waals surface area contributed by atoms with E-state index < -0.39 is 0 Å². The molecule has 3 aromatic carbocycles. The highest BCUT2D eigenvalue weighted by molar-refractivity contribution is 5.72. The standard InChI is InChI=1S/C30H34O4/c1-5-29(31)33-27-15-11-25(12-16-27)21(3)19-23-7-9-24(10-8-23)20-22(4)26-13-17-28(18-14-26)34-30(32)6-2/h7-18,21-22H,5-6,19-20H2,1-4H3. The molecule has 0 N–H and O–H groups in total. The summed E-state index contributed by atoms with van der Waals surface area (Å²) in [4.78, 5) is 22.9. The van der Waals surface area contributed by atoms with E-state index in [0.717, 1.165) is 12.8 Å². The van der Waals surface area contributed by atoms with Crippen LogP contribution in [0.2, 0.25) is 0 Å². The molecule has 0 radical (unpaired) electrons. The van der Waals surface area contributed by atoms with Gasteiger partial charge in [0.2, 0.25) is 0 Å². The Hall–Kier alpha value is -3.40. The Balaban J connectivity index is 1.54. The van der Waals surface area contributed by atoms with Gasteiger partial charge in [0.05, 0.1) is 0 Å². The van der Waals surface area contributed by atoms with E-state index in [1.165, 1.54) is 22.3 Å². The van der Waals surface area contributed by atoms with Crippen LogP contribution in [0.25, 0.3) is 0 Å². The molecule has 0 heterocycles. The summed E-state index contributed by atoms with van der Waals surface area (Å²) in [6, 6.07) is 24.4. The van der Waals surface area contributed by atoms with Gasteiger partial charge >= 0.3 is 11.9 Å². The van der Waals surface area contributed by atoms with E-state index in [1.807, 2.05) is 48.5 Å². The first-order chi connectivity index (χ1) is 16.4. The van der Waals surface area contributed by atoms with Gasteiger partial charge in [0.25, 0.3) is 0 Å². The number of hydrogen-bond acceptors (Lipinski definition) is 4. The molecule has 0 amide bonds. The lowest BCUT2D eigenvalue weighted by molar-refractivity contribution is -0.134. The smallest absolute Gasteiger partial charge is 0.310 e. The van der Waals surface area contributed by atoms with Gasteiger partial charge in [0.1, 0.15) is 11.5 Å². The van der Waals surface area contributed by atoms with Crippen molar-refractivity contribution in [2.45, 2.75) is 65.2 Å². The summed E-state index contributed by atoms with van der Waals surface area (Å²) in [6.45, 7) is 8.00. The summed E-state index contributed by atoms with van der Waals surface area (Å²) in [7, 11) is 0. The van der Waals surface area contributed by atoms with Crippen LogP contribution in [0.4, 0.5) is 0 Å². The lowest BCUT2D eigenvalue weighted by Gasteiger charge is -2.15. The third-order valence-electron chi connectivity index (χ3n) is 6.05. The second-order valence-corrected chi connectivity index (χ2v) is 8.82. The van der Waals surface area contributed by atoms with E-state index in [-0.39, 0.29) is 11.9 Å². The maximum absolute atomic E-state index is 11.4. The molecule has 2 atom stereocenters. The van der Waals surface area contributed by atoms with Crippen molar-refractivity contribution >= 4 is 11.9 Å². The number of esters is 2. The second-order valence-electron chi connectivity index (χ2n) is 8.82. The van der Waals surface area contributed by atoms with Crippen molar-refractivity contribution in [2.75, 3.05) is 0 Å². The fourth-order valence-corrected chi connectivity index (χ4v) is 3.89. The first kappa shape index (κ1) is 25.2. The molecule has 4 nitrogen and oxygen atoms in total. The highest BCUT2D eigenvalue weighted by Crippen LogP contribution is 2.26. The van der Waals surface area contributed by atoms with Gasteiger partial charge in [0.15, 0.2) is 0 Å². The largest absolute Gasteiger partial charge is 0.427 e. The zero-order valence-corrected chi connectivity index (χ0v) is 20.5. The third kappa shape index (κ3) is 7.31. The number of rotatable bonds is 10. The molecule has 0 saturated heterocycles. The molecule has 0 aliphatic carbocycles. The fourth-order valence-electron chi connectivity index (χ4n) is 3.89. The SMILES string of the molecule is CCC(=O)Oc1ccc(C(C)Cc2ccc(CC(C)c3ccc(OC(=O)CC)cc3)cc2)cc1. The van der Waals surface area contributed by atoms with Crippen molar-refractivity contribution in [3.8, 4) is 11.5 Å². The van der Waals surface area contributed by atoms with E-state index in [9.17, 15) is 9.59 Å². The number of carbonyl (C=O) groups excluding carboxylic acids is 2. The predicted octanol–water partition coefficient (Wildman–Crippen LogP) is 7.01. The summed E-state index contributed by atoms with van der Waals surface area (Å²) in [5.41, 5.74) is 5.05. The van der Waals surface area contributed by atoms with Gasteiger partial charge in [0, 0.05) is 12.8 Å². The highest BCUT2D eigenvalue weighted by atomic mass is 16.5. The van der Waals surface area contributed by atoms with Gasteiger partial charge in [-0.15, -0.1) is 0 Å². The normalized spacial score (nSPS) is 12.6. The van der Waals surface area contributed by atoms with Crippen LogP contribution in [-0.4, -0.2) is 11.9 Å². The van der Waals surface area contributed by atoms with Gasteiger partial charge in [-0.1, -0.05) is 76.2 Å². The topological polar surface area (TPSA) is 52.6 Å². The van der Waals surface area contributed by atoms with Gasteiger partial charge in [-0.25, -0.2) is 0 Å². The Morgan fingerprint density at radius 2 is 0.912 bits per heavy atom.